The van der Waals surface area contributed by atoms with E-state index in [0.717, 1.165) is 5.56 Å². The first-order chi connectivity index (χ1) is 9.47. The van der Waals surface area contributed by atoms with Crippen LogP contribution in [0, 0.1) is 6.92 Å². The molecule has 0 spiro atoms. The summed E-state index contributed by atoms with van der Waals surface area (Å²) >= 11 is 0. The molecule has 108 valence electrons. The summed E-state index contributed by atoms with van der Waals surface area (Å²) in [7, 11) is 1.74. The van der Waals surface area contributed by atoms with Crippen molar-refractivity contribution in [2.24, 2.45) is 0 Å². The largest absolute Gasteiger partial charge is 0.481 e. The number of nitrogens with one attached hydrogen (secondary N) is 1. The molecule has 0 saturated carbocycles. The van der Waals surface area contributed by atoms with Crippen LogP contribution in [-0.2, 0) is 9.59 Å². The van der Waals surface area contributed by atoms with Gasteiger partial charge in [-0.1, -0.05) is 17.7 Å². The van der Waals surface area contributed by atoms with Gasteiger partial charge in [-0.2, -0.15) is 0 Å². The number of hydrogen-bond acceptors (Lipinski definition) is 3. The van der Waals surface area contributed by atoms with E-state index in [1.807, 2.05) is 31.2 Å². The lowest BCUT2D eigenvalue weighted by Gasteiger charge is -2.17. The van der Waals surface area contributed by atoms with Gasteiger partial charge in [0.1, 0.15) is 11.8 Å². The number of nitrogens with zero attached hydrogens (tertiary/aromatic N) is 1. The van der Waals surface area contributed by atoms with E-state index in [4.69, 9.17) is 4.74 Å². The molecule has 1 aromatic carbocycles. The summed E-state index contributed by atoms with van der Waals surface area (Å²) in [6.45, 7) is 4.34. The van der Waals surface area contributed by atoms with Gasteiger partial charge in [-0.3, -0.25) is 9.59 Å². The molecule has 1 heterocycles. The standard InChI is InChI=1S/C15H20N2O3/c1-10-4-6-12(7-5-10)20-11(2)14(18)16-13-8-9-17(3)15(13)19/h4-7,11,13H,8-9H2,1-3H3,(H,16,18). The quantitative estimate of drug-likeness (QED) is 0.896. The van der Waals surface area contributed by atoms with E-state index >= 15 is 0 Å². The zero-order chi connectivity index (χ0) is 14.7. The molecule has 2 atom stereocenters. The molecule has 5 heteroatoms. The Morgan fingerprint density at radius 3 is 2.60 bits per heavy atom. The first-order valence-corrected chi connectivity index (χ1v) is 6.76. The zero-order valence-electron chi connectivity index (χ0n) is 12.1. The van der Waals surface area contributed by atoms with Gasteiger partial charge < -0.3 is 15.0 Å². The summed E-state index contributed by atoms with van der Waals surface area (Å²) in [5.74, 6) is 0.341. The number of hydrogen-bond donors (Lipinski definition) is 1. The number of likely N-dealkylation sites (tertiary alicyclic amines) is 1. The SMILES string of the molecule is Cc1ccc(OC(C)C(=O)NC2CCN(C)C2=O)cc1. The molecule has 0 aliphatic carbocycles. The molecule has 1 fully saturated rings. The van der Waals surface area contributed by atoms with Crippen LogP contribution in [0.1, 0.15) is 18.9 Å². The van der Waals surface area contributed by atoms with Crippen LogP contribution in [0.25, 0.3) is 0 Å². The first-order valence-electron chi connectivity index (χ1n) is 6.76. The van der Waals surface area contributed by atoms with Gasteiger partial charge in [0.05, 0.1) is 0 Å². The van der Waals surface area contributed by atoms with Crippen LogP contribution in [0.15, 0.2) is 24.3 Å². The Hall–Kier alpha value is -2.04. The Bertz CT molecular complexity index is 498. The van der Waals surface area contributed by atoms with Crippen molar-refractivity contribution in [3.8, 4) is 5.75 Å². The average Bonchev–Trinajstić information content (AvgIpc) is 2.73. The van der Waals surface area contributed by atoms with Gasteiger partial charge in [0.15, 0.2) is 6.10 Å². The number of amides is 2. The third kappa shape index (κ3) is 3.29. The van der Waals surface area contributed by atoms with Crippen molar-refractivity contribution in [3.05, 3.63) is 29.8 Å². The summed E-state index contributed by atoms with van der Waals surface area (Å²) in [5, 5.41) is 2.74. The number of ether oxygens (including phenoxy) is 1. The molecule has 2 amide bonds. The smallest absolute Gasteiger partial charge is 0.261 e. The maximum absolute atomic E-state index is 12.0. The van der Waals surface area contributed by atoms with E-state index in [1.165, 1.54) is 0 Å². The Morgan fingerprint density at radius 2 is 2.05 bits per heavy atom. The lowest BCUT2D eigenvalue weighted by Crippen LogP contribution is -2.45. The highest BCUT2D eigenvalue weighted by atomic mass is 16.5. The fraction of sp³-hybridized carbons (Fsp3) is 0.467. The minimum Gasteiger partial charge on any atom is -0.481 e. The van der Waals surface area contributed by atoms with E-state index in [-0.39, 0.29) is 11.8 Å². The predicted molar refractivity (Wildman–Crippen MR) is 75.5 cm³/mol. The predicted octanol–water partition coefficient (Wildman–Crippen LogP) is 1.11. The second-order valence-corrected chi connectivity index (χ2v) is 5.18. The number of carbonyl (C=O) groups excluding carboxylic acids is 2. The monoisotopic (exact) mass is 276 g/mol. The maximum atomic E-state index is 12.0. The van der Waals surface area contributed by atoms with Gasteiger partial charge in [0.25, 0.3) is 5.91 Å². The molecule has 1 aromatic rings. The summed E-state index contributed by atoms with van der Waals surface area (Å²) < 4.78 is 5.57. The lowest BCUT2D eigenvalue weighted by molar-refractivity contribution is -0.134. The van der Waals surface area contributed by atoms with Gasteiger partial charge in [0, 0.05) is 13.6 Å². The molecular weight excluding hydrogens is 256 g/mol. The highest BCUT2D eigenvalue weighted by molar-refractivity contribution is 5.90. The Balaban J connectivity index is 1.89. The minimum atomic E-state index is -0.628. The van der Waals surface area contributed by atoms with Crippen LogP contribution >= 0.6 is 0 Å². The molecule has 0 radical (unpaired) electrons. The van der Waals surface area contributed by atoms with Crippen molar-refractivity contribution in [1.29, 1.82) is 0 Å². The van der Waals surface area contributed by atoms with E-state index in [9.17, 15) is 9.59 Å². The molecule has 0 aromatic heterocycles. The highest BCUT2D eigenvalue weighted by Crippen LogP contribution is 2.14. The number of benzene rings is 1. The Kier molecular flexibility index (Phi) is 4.27. The fourth-order valence-electron chi connectivity index (χ4n) is 2.12. The highest BCUT2D eigenvalue weighted by Gasteiger charge is 2.31. The van der Waals surface area contributed by atoms with Gasteiger partial charge in [-0.05, 0) is 32.4 Å². The van der Waals surface area contributed by atoms with Crippen molar-refractivity contribution in [2.75, 3.05) is 13.6 Å². The minimum absolute atomic E-state index is 0.0408. The number of aryl methyl sites for hydroxylation is 1. The molecule has 1 aliphatic heterocycles. The second-order valence-electron chi connectivity index (χ2n) is 5.18. The molecule has 2 unspecified atom stereocenters. The third-order valence-electron chi connectivity index (χ3n) is 3.45. The topological polar surface area (TPSA) is 58.6 Å². The van der Waals surface area contributed by atoms with Crippen LogP contribution in [0.4, 0.5) is 0 Å². The van der Waals surface area contributed by atoms with Gasteiger partial charge >= 0.3 is 0 Å². The van der Waals surface area contributed by atoms with E-state index in [1.54, 1.807) is 18.9 Å². The van der Waals surface area contributed by atoms with Gasteiger partial charge in [-0.25, -0.2) is 0 Å². The summed E-state index contributed by atoms with van der Waals surface area (Å²) in [6, 6.07) is 7.09. The molecule has 1 N–H and O–H groups in total. The Morgan fingerprint density at radius 1 is 1.40 bits per heavy atom. The van der Waals surface area contributed by atoms with Crippen molar-refractivity contribution in [1.82, 2.24) is 10.2 Å². The Labute approximate surface area is 118 Å². The third-order valence-corrected chi connectivity index (χ3v) is 3.45. The van der Waals surface area contributed by atoms with E-state index < -0.39 is 12.1 Å². The number of rotatable bonds is 4. The van der Waals surface area contributed by atoms with Gasteiger partial charge in [0.2, 0.25) is 5.91 Å². The van der Waals surface area contributed by atoms with E-state index in [2.05, 4.69) is 5.32 Å². The van der Waals surface area contributed by atoms with E-state index in [0.29, 0.717) is 18.7 Å². The molecule has 1 saturated heterocycles. The molecule has 20 heavy (non-hydrogen) atoms. The van der Waals surface area contributed by atoms with Crippen LogP contribution < -0.4 is 10.1 Å². The maximum Gasteiger partial charge on any atom is 0.261 e. The summed E-state index contributed by atoms with van der Waals surface area (Å²) in [4.78, 5) is 25.4. The van der Waals surface area contributed by atoms with Crippen LogP contribution in [0.2, 0.25) is 0 Å². The van der Waals surface area contributed by atoms with Crippen molar-refractivity contribution in [2.45, 2.75) is 32.4 Å². The van der Waals surface area contributed by atoms with Crippen molar-refractivity contribution >= 4 is 11.8 Å². The summed E-state index contributed by atoms with van der Waals surface area (Å²) in [6.07, 6.45) is 0.0228. The fourth-order valence-corrected chi connectivity index (χ4v) is 2.12. The van der Waals surface area contributed by atoms with Crippen molar-refractivity contribution in [3.63, 3.8) is 0 Å². The summed E-state index contributed by atoms with van der Waals surface area (Å²) in [5.41, 5.74) is 1.13. The normalized spacial score (nSPS) is 19.9. The van der Waals surface area contributed by atoms with Crippen LogP contribution in [0.3, 0.4) is 0 Å². The molecular formula is C15H20N2O3. The number of likely N-dealkylation sites (N-methyl/N-ethyl adjacent to an activating group) is 1. The number of carbonyl (C=O) groups is 2. The zero-order valence-corrected chi connectivity index (χ0v) is 12.1. The lowest BCUT2D eigenvalue weighted by atomic mass is 10.2. The van der Waals surface area contributed by atoms with Gasteiger partial charge in [-0.15, -0.1) is 0 Å². The van der Waals surface area contributed by atoms with Crippen molar-refractivity contribution < 1.29 is 14.3 Å². The molecule has 1 aliphatic rings. The first kappa shape index (κ1) is 14.4. The average molecular weight is 276 g/mol. The molecule has 0 bridgehead atoms. The van der Waals surface area contributed by atoms with Crippen LogP contribution in [-0.4, -0.2) is 42.5 Å². The molecule has 5 nitrogen and oxygen atoms in total. The second kappa shape index (κ2) is 5.94. The van der Waals surface area contributed by atoms with Crippen LogP contribution in [0.5, 0.6) is 5.75 Å². The molecule has 2 rings (SSSR count).